The zero-order chi connectivity index (χ0) is 23.6. The minimum atomic E-state index is -4.68. The van der Waals surface area contributed by atoms with E-state index < -0.39 is 26.8 Å². The number of carbonyl (C=O) groups excluding carboxylic acids is 1. The Morgan fingerprint density at radius 3 is 2.45 bits per heavy atom. The molecule has 1 aliphatic rings. The van der Waals surface area contributed by atoms with E-state index in [0.29, 0.717) is 17.4 Å². The summed E-state index contributed by atoms with van der Waals surface area (Å²) in [4.78, 5) is 13.7. The van der Waals surface area contributed by atoms with Gasteiger partial charge in [-0.05, 0) is 60.9 Å². The molecule has 0 atom stereocenters. The van der Waals surface area contributed by atoms with Crippen LogP contribution in [0.15, 0.2) is 76.2 Å². The lowest BCUT2D eigenvalue weighted by Gasteiger charge is -2.22. The van der Waals surface area contributed by atoms with Gasteiger partial charge in [0.1, 0.15) is 16.4 Å². The Morgan fingerprint density at radius 2 is 1.79 bits per heavy atom. The molecule has 0 N–H and O–H groups in total. The van der Waals surface area contributed by atoms with Crippen LogP contribution in [0.4, 0.5) is 13.2 Å². The SMILES string of the molecule is O=C(C1CC1)N(Cc1cccc(OS(=O)(=O)c2cccc(C(F)(F)F)c2)c1)Cc1ccco1. The van der Waals surface area contributed by atoms with E-state index >= 15 is 0 Å². The van der Waals surface area contributed by atoms with Gasteiger partial charge in [0.05, 0.1) is 18.4 Å². The van der Waals surface area contributed by atoms with Gasteiger partial charge < -0.3 is 13.5 Å². The lowest BCUT2D eigenvalue weighted by atomic mass is 10.2. The molecule has 1 fully saturated rings. The summed E-state index contributed by atoms with van der Waals surface area (Å²) in [5.74, 6) is 0.500. The number of halogens is 3. The van der Waals surface area contributed by atoms with E-state index in [9.17, 15) is 26.4 Å². The highest BCUT2D eigenvalue weighted by Gasteiger charge is 2.34. The first-order chi connectivity index (χ1) is 15.6. The number of rotatable bonds is 8. The number of amides is 1. The number of alkyl halides is 3. The third-order valence-electron chi connectivity index (χ3n) is 5.09. The molecule has 0 bridgehead atoms. The molecule has 1 aromatic heterocycles. The maximum Gasteiger partial charge on any atom is 0.416 e. The van der Waals surface area contributed by atoms with E-state index in [1.165, 1.54) is 18.4 Å². The van der Waals surface area contributed by atoms with Crippen LogP contribution in [0.3, 0.4) is 0 Å². The highest BCUT2D eigenvalue weighted by molar-refractivity contribution is 7.87. The van der Waals surface area contributed by atoms with Crippen molar-refractivity contribution in [2.24, 2.45) is 5.92 Å². The summed E-state index contributed by atoms with van der Waals surface area (Å²) in [6.07, 6.45) is -1.52. The Morgan fingerprint density at radius 1 is 1.03 bits per heavy atom. The molecular weight excluding hydrogens is 459 g/mol. The summed E-state index contributed by atoms with van der Waals surface area (Å²) in [5, 5.41) is 0. The van der Waals surface area contributed by atoms with Crippen LogP contribution in [-0.2, 0) is 34.2 Å². The fraction of sp³-hybridized carbons (Fsp3) is 0.261. The van der Waals surface area contributed by atoms with E-state index in [1.54, 1.807) is 29.2 Å². The van der Waals surface area contributed by atoms with Crippen LogP contribution in [0.1, 0.15) is 29.7 Å². The van der Waals surface area contributed by atoms with Crippen molar-refractivity contribution in [3.05, 3.63) is 83.8 Å². The molecule has 1 amide bonds. The molecule has 0 aliphatic heterocycles. The molecule has 0 spiro atoms. The maximum atomic E-state index is 12.9. The van der Waals surface area contributed by atoms with Gasteiger partial charge in [0.25, 0.3) is 0 Å². The summed E-state index contributed by atoms with van der Waals surface area (Å²) in [6, 6.07) is 12.9. The summed E-state index contributed by atoms with van der Waals surface area (Å²) < 4.78 is 74.4. The van der Waals surface area contributed by atoms with Gasteiger partial charge in [-0.2, -0.15) is 21.6 Å². The normalized spacial score (nSPS) is 14.2. The number of furan rings is 1. The van der Waals surface area contributed by atoms with Crippen molar-refractivity contribution in [1.29, 1.82) is 0 Å². The first-order valence-corrected chi connectivity index (χ1v) is 11.5. The van der Waals surface area contributed by atoms with E-state index in [4.69, 9.17) is 8.60 Å². The molecule has 1 heterocycles. The van der Waals surface area contributed by atoms with Crippen LogP contribution in [0.5, 0.6) is 5.75 Å². The van der Waals surface area contributed by atoms with E-state index in [1.807, 2.05) is 0 Å². The van der Waals surface area contributed by atoms with Crippen molar-refractivity contribution in [1.82, 2.24) is 4.90 Å². The number of hydrogen-bond donors (Lipinski definition) is 0. The van der Waals surface area contributed by atoms with Gasteiger partial charge in [-0.15, -0.1) is 0 Å². The van der Waals surface area contributed by atoms with Crippen LogP contribution < -0.4 is 4.18 Å². The predicted molar refractivity (Wildman–Crippen MR) is 111 cm³/mol. The van der Waals surface area contributed by atoms with Gasteiger partial charge in [0.2, 0.25) is 5.91 Å². The highest BCUT2D eigenvalue weighted by atomic mass is 32.2. The third kappa shape index (κ3) is 5.75. The van der Waals surface area contributed by atoms with Gasteiger partial charge >= 0.3 is 16.3 Å². The minimum absolute atomic E-state index is 0.0192. The third-order valence-corrected chi connectivity index (χ3v) is 6.34. The molecule has 0 saturated heterocycles. The van der Waals surface area contributed by atoms with E-state index in [-0.39, 0.29) is 30.7 Å². The standard InChI is InChI=1S/C23H20F3NO5S/c24-23(25,26)18-5-2-8-21(13-18)33(29,30)32-19-6-1-4-16(12-19)14-27(22(28)17-9-10-17)15-20-7-3-11-31-20/h1-8,11-13,17H,9-10,14-15H2. The van der Waals surface area contributed by atoms with Crippen molar-refractivity contribution >= 4 is 16.0 Å². The fourth-order valence-corrected chi connectivity index (χ4v) is 4.28. The van der Waals surface area contributed by atoms with Crippen molar-refractivity contribution < 1.29 is 35.0 Å². The van der Waals surface area contributed by atoms with Crippen molar-refractivity contribution in [3.63, 3.8) is 0 Å². The van der Waals surface area contributed by atoms with Crippen molar-refractivity contribution in [2.45, 2.75) is 37.0 Å². The van der Waals surface area contributed by atoms with Gasteiger partial charge in [-0.25, -0.2) is 0 Å². The minimum Gasteiger partial charge on any atom is -0.467 e. The molecular formula is C23H20F3NO5S. The zero-order valence-corrected chi connectivity index (χ0v) is 18.1. The first-order valence-electron chi connectivity index (χ1n) is 10.1. The molecule has 3 aromatic rings. The molecule has 1 saturated carbocycles. The zero-order valence-electron chi connectivity index (χ0n) is 17.3. The summed E-state index contributed by atoms with van der Waals surface area (Å²) in [7, 11) is -4.50. The number of benzene rings is 2. The van der Waals surface area contributed by atoms with Gasteiger partial charge in [-0.1, -0.05) is 18.2 Å². The molecule has 4 rings (SSSR count). The molecule has 0 radical (unpaired) electrons. The number of nitrogens with zero attached hydrogens (tertiary/aromatic N) is 1. The Balaban J connectivity index is 1.52. The van der Waals surface area contributed by atoms with Crippen LogP contribution >= 0.6 is 0 Å². The molecule has 0 unspecified atom stereocenters. The monoisotopic (exact) mass is 479 g/mol. The predicted octanol–water partition coefficient (Wildman–Crippen LogP) is 5.00. The number of hydrogen-bond acceptors (Lipinski definition) is 5. The lowest BCUT2D eigenvalue weighted by molar-refractivity contribution is -0.137. The van der Waals surface area contributed by atoms with Gasteiger partial charge in [-0.3, -0.25) is 4.79 Å². The maximum absolute atomic E-state index is 12.9. The summed E-state index contributed by atoms with van der Waals surface area (Å²) in [6.45, 7) is 0.451. The molecule has 174 valence electrons. The average molecular weight is 479 g/mol. The van der Waals surface area contributed by atoms with Crippen molar-refractivity contribution in [3.8, 4) is 5.75 Å². The van der Waals surface area contributed by atoms with Crippen LogP contribution in [0, 0.1) is 5.92 Å². The molecule has 10 heteroatoms. The average Bonchev–Trinajstić information content (AvgIpc) is 3.49. The smallest absolute Gasteiger partial charge is 0.416 e. The molecule has 2 aromatic carbocycles. The quantitative estimate of drug-likeness (QED) is 0.425. The Bertz CT molecular complexity index is 1230. The molecule has 1 aliphatic carbocycles. The van der Waals surface area contributed by atoms with Gasteiger partial charge in [0, 0.05) is 12.5 Å². The van der Waals surface area contributed by atoms with Crippen LogP contribution in [0.2, 0.25) is 0 Å². The highest BCUT2D eigenvalue weighted by Crippen LogP contribution is 2.33. The topological polar surface area (TPSA) is 76.8 Å². The lowest BCUT2D eigenvalue weighted by Crippen LogP contribution is -2.31. The fourth-order valence-electron chi connectivity index (χ4n) is 3.31. The van der Waals surface area contributed by atoms with E-state index in [2.05, 4.69) is 0 Å². The Hall–Kier alpha value is -3.27. The summed E-state index contributed by atoms with van der Waals surface area (Å²) in [5.41, 5.74) is -0.486. The van der Waals surface area contributed by atoms with Gasteiger partial charge in [0.15, 0.2) is 0 Å². The van der Waals surface area contributed by atoms with E-state index in [0.717, 1.165) is 31.0 Å². The van der Waals surface area contributed by atoms with Crippen LogP contribution in [0.25, 0.3) is 0 Å². The second kappa shape index (κ2) is 8.93. The molecule has 33 heavy (non-hydrogen) atoms. The molecule has 6 nitrogen and oxygen atoms in total. The summed E-state index contributed by atoms with van der Waals surface area (Å²) >= 11 is 0. The Labute approximate surface area is 188 Å². The Kier molecular flexibility index (Phi) is 6.20. The second-order valence-corrected chi connectivity index (χ2v) is 9.30. The second-order valence-electron chi connectivity index (χ2n) is 7.76. The van der Waals surface area contributed by atoms with Crippen molar-refractivity contribution in [2.75, 3.05) is 0 Å². The first kappa shape index (κ1) is 22.9. The number of carbonyl (C=O) groups is 1. The largest absolute Gasteiger partial charge is 0.467 e. The van der Waals surface area contributed by atoms with Crippen LogP contribution in [-0.4, -0.2) is 19.2 Å².